The van der Waals surface area contributed by atoms with Gasteiger partial charge in [0.1, 0.15) is 0 Å². The van der Waals surface area contributed by atoms with Gasteiger partial charge in [-0.2, -0.15) is 0 Å². The van der Waals surface area contributed by atoms with Crippen molar-refractivity contribution in [2.45, 2.75) is 39.7 Å². The Labute approximate surface area is 98.4 Å². The van der Waals surface area contributed by atoms with E-state index in [0.29, 0.717) is 6.04 Å². The largest absolute Gasteiger partial charge is 0.382 e. The predicted octanol–water partition coefficient (Wildman–Crippen LogP) is 2.79. The third kappa shape index (κ3) is 2.56. The Kier molecular flexibility index (Phi) is 3.49. The number of anilines is 1. The van der Waals surface area contributed by atoms with E-state index in [1.807, 2.05) is 0 Å². The van der Waals surface area contributed by atoms with Gasteiger partial charge in [0.05, 0.1) is 0 Å². The van der Waals surface area contributed by atoms with Crippen molar-refractivity contribution in [3.05, 3.63) is 28.8 Å². The summed E-state index contributed by atoms with van der Waals surface area (Å²) in [4.78, 5) is 0. The van der Waals surface area contributed by atoms with E-state index in [2.05, 4.69) is 43.5 Å². The Morgan fingerprint density at radius 3 is 2.19 bits per heavy atom. The highest BCUT2D eigenvalue weighted by molar-refractivity contribution is 5.58. The fourth-order valence-electron chi connectivity index (χ4n) is 2.51. The molecule has 0 aliphatic carbocycles. The average molecular weight is 217 g/mol. The van der Waals surface area contributed by atoms with Gasteiger partial charge in [-0.3, -0.25) is 0 Å². The Morgan fingerprint density at radius 2 is 1.62 bits per heavy atom. The van der Waals surface area contributed by atoms with Crippen molar-refractivity contribution in [1.82, 2.24) is 5.32 Å². The predicted molar refractivity (Wildman–Crippen MR) is 69.2 cm³/mol. The summed E-state index contributed by atoms with van der Waals surface area (Å²) in [5.74, 6) is 0. The molecule has 16 heavy (non-hydrogen) atoms. The minimum Gasteiger partial charge on any atom is -0.382 e. The molecule has 1 aromatic rings. The molecule has 2 rings (SSSR count). The third-order valence-corrected chi connectivity index (χ3v) is 3.30. The number of rotatable bonds is 2. The van der Waals surface area contributed by atoms with Crippen LogP contribution in [0.2, 0.25) is 0 Å². The fourth-order valence-corrected chi connectivity index (χ4v) is 2.51. The molecule has 1 aromatic carbocycles. The molecule has 2 heteroatoms. The molecule has 0 amide bonds. The van der Waals surface area contributed by atoms with Crippen LogP contribution in [-0.4, -0.2) is 19.1 Å². The molecule has 1 radical (unpaired) electrons. The maximum Gasteiger partial charge on any atom is 0.0401 e. The first-order valence-corrected chi connectivity index (χ1v) is 6.14. The standard InChI is InChI=1S/C14H21N2/c1-10-8-11(2)14(12(3)9-10)16-13-4-6-15-7-5-13/h8-9,13,16H,4-7H2,1-3H3. The Balaban J connectivity index is 2.14. The Morgan fingerprint density at radius 1 is 1.06 bits per heavy atom. The molecule has 0 saturated carbocycles. The summed E-state index contributed by atoms with van der Waals surface area (Å²) < 4.78 is 0. The van der Waals surface area contributed by atoms with E-state index in [9.17, 15) is 0 Å². The maximum atomic E-state index is 4.39. The van der Waals surface area contributed by atoms with Gasteiger partial charge in [0.2, 0.25) is 0 Å². The topological polar surface area (TPSA) is 26.1 Å². The van der Waals surface area contributed by atoms with Crippen LogP contribution in [0.4, 0.5) is 5.69 Å². The molecule has 1 heterocycles. The van der Waals surface area contributed by atoms with Gasteiger partial charge in [0.15, 0.2) is 0 Å². The number of aryl methyl sites for hydroxylation is 3. The maximum absolute atomic E-state index is 4.39. The van der Waals surface area contributed by atoms with Crippen LogP contribution in [0.1, 0.15) is 29.5 Å². The zero-order chi connectivity index (χ0) is 11.5. The van der Waals surface area contributed by atoms with Crippen molar-refractivity contribution in [3.8, 4) is 0 Å². The van der Waals surface area contributed by atoms with E-state index >= 15 is 0 Å². The molecule has 1 fully saturated rings. The molecule has 0 spiro atoms. The van der Waals surface area contributed by atoms with Gasteiger partial charge in [-0.1, -0.05) is 17.7 Å². The first-order valence-electron chi connectivity index (χ1n) is 6.14. The molecule has 1 aliphatic heterocycles. The van der Waals surface area contributed by atoms with Crippen molar-refractivity contribution >= 4 is 5.69 Å². The molecular weight excluding hydrogens is 196 g/mol. The first-order chi connectivity index (χ1) is 7.66. The average Bonchev–Trinajstić information content (AvgIpc) is 2.25. The molecule has 2 nitrogen and oxygen atoms in total. The monoisotopic (exact) mass is 217 g/mol. The van der Waals surface area contributed by atoms with Crippen LogP contribution in [0, 0.1) is 20.8 Å². The Hall–Kier alpha value is -1.02. The fraction of sp³-hybridized carbons (Fsp3) is 0.571. The number of piperidine rings is 1. The number of nitrogens with one attached hydrogen (secondary N) is 1. The summed E-state index contributed by atoms with van der Waals surface area (Å²) >= 11 is 0. The van der Waals surface area contributed by atoms with Crippen molar-refractivity contribution in [2.24, 2.45) is 0 Å². The Bertz CT molecular complexity index is 342. The minimum absolute atomic E-state index is 0.609. The van der Waals surface area contributed by atoms with E-state index in [4.69, 9.17) is 0 Å². The lowest BCUT2D eigenvalue weighted by Gasteiger charge is -2.26. The van der Waals surface area contributed by atoms with E-state index in [1.165, 1.54) is 35.2 Å². The smallest absolute Gasteiger partial charge is 0.0401 e. The highest BCUT2D eigenvalue weighted by Crippen LogP contribution is 2.24. The quantitative estimate of drug-likeness (QED) is 0.810. The van der Waals surface area contributed by atoms with Crippen molar-refractivity contribution in [3.63, 3.8) is 0 Å². The lowest BCUT2D eigenvalue weighted by Crippen LogP contribution is -2.32. The lowest BCUT2D eigenvalue weighted by atomic mass is 10.0. The van der Waals surface area contributed by atoms with Crippen LogP contribution in [0.3, 0.4) is 0 Å². The zero-order valence-electron chi connectivity index (χ0n) is 10.5. The summed E-state index contributed by atoms with van der Waals surface area (Å²) in [6, 6.07) is 5.11. The molecule has 1 aliphatic rings. The van der Waals surface area contributed by atoms with Crippen LogP contribution in [0.25, 0.3) is 0 Å². The summed E-state index contributed by atoms with van der Waals surface area (Å²) in [6.45, 7) is 8.57. The van der Waals surface area contributed by atoms with Crippen molar-refractivity contribution < 1.29 is 0 Å². The third-order valence-electron chi connectivity index (χ3n) is 3.30. The normalized spacial score (nSPS) is 17.4. The molecule has 87 valence electrons. The summed E-state index contributed by atoms with van der Waals surface area (Å²) in [6.07, 6.45) is 2.35. The second-order valence-electron chi connectivity index (χ2n) is 4.86. The van der Waals surface area contributed by atoms with Crippen molar-refractivity contribution in [1.29, 1.82) is 0 Å². The second kappa shape index (κ2) is 4.88. The van der Waals surface area contributed by atoms with Gasteiger partial charge in [-0.25, -0.2) is 5.32 Å². The summed E-state index contributed by atoms with van der Waals surface area (Å²) in [5, 5.41) is 8.07. The SMILES string of the molecule is Cc1cc(C)c(NC2CC[N]CC2)c(C)c1. The molecule has 0 unspecified atom stereocenters. The minimum atomic E-state index is 0.609. The van der Waals surface area contributed by atoms with Gasteiger partial charge < -0.3 is 5.32 Å². The van der Waals surface area contributed by atoms with Gasteiger partial charge in [-0.15, -0.1) is 0 Å². The molecule has 0 atom stereocenters. The number of hydrogen-bond acceptors (Lipinski definition) is 1. The first kappa shape index (κ1) is 11.5. The van der Waals surface area contributed by atoms with Crippen LogP contribution in [0.5, 0.6) is 0 Å². The van der Waals surface area contributed by atoms with E-state index in [1.54, 1.807) is 0 Å². The van der Waals surface area contributed by atoms with E-state index in [-0.39, 0.29) is 0 Å². The summed E-state index contributed by atoms with van der Waals surface area (Å²) in [5.41, 5.74) is 5.40. The summed E-state index contributed by atoms with van der Waals surface area (Å²) in [7, 11) is 0. The molecular formula is C14H21N2. The van der Waals surface area contributed by atoms with Crippen LogP contribution < -0.4 is 10.6 Å². The molecule has 1 N–H and O–H groups in total. The second-order valence-corrected chi connectivity index (χ2v) is 4.86. The highest BCUT2D eigenvalue weighted by Gasteiger charge is 2.15. The number of benzene rings is 1. The van der Waals surface area contributed by atoms with Gasteiger partial charge >= 0.3 is 0 Å². The lowest BCUT2D eigenvalue weighted by molar-refractivity contribution is 0.471. The highest BCUT2D eigenvalue weighted by atomic mass is 15.0. The van der Waals surface area contributed by atoms with Gasteiger partial charge in [0, 0.05) is 24.8 Å². The number of hydrogen-bond donors (Lipinski definition) is 1. The van der Waals surface area contributed by atoms with Gasteiger partial charge in [-0.05, 0) is 44.7 Å². The molecule has 0 aromatic heterocycles. The van der Waals surface area contributed by atoms with Crippen molar-refractivity contribution in [2.75, 3.05) is 18.4 Å². The molecule has 1 saturated heterocycles. The zero-order valence-corrected chi connectivity index (χ0v) is 10.5. The van der Waals surface area contributed by atoms with Crippen LogP contribution >= 0.6 is 0 Å². The van der Waals surface area contributed by atoms with Crippen LogP contribution in [-0.2, 0) is 0 Å². The number of nitrogens with zero attached hydrogens (tertiary/aromatic N) is 1. The molecule has 0 bridgehead atoms. The van der Waals surface area contributed by atoms with Gasteiger partial charge in [0.25, 0.3) is 0 Å². The van der Waals surface area contributed by atoms with E-state index < -0.39 is 0 Å². The van der Waals surface area contributed by atoms with E-state index in [0.717, 1.165) is 13.1 Å². The van der Waals surface area contributed by atoms with Crippen LogP contribution in [0.15, 0.2) is 12.1 Å².